The van der Waals surface area contributed by atoms with Gasteiger partial charge in [-0.1, -0.05) is 54.6 Å². The lowest BCUT2D eigenvalue weighted by molar-refractivity contribution is -0.143. The summed E-state index contributed by atoms with van der Waals surface area (Å²) < 4.78 is 5.17. The second-order valence-electron chi connectivity index (χ2n) is 12.1. The van der Waals surface area contributed by atoms with E-state index in [1.165, 1.54) is 16.7 Å². The van der Waals surface area contributed by atoms with Gasteiger partial charge in [0.05, 0.1) is 12.1 Å². The molecular weight excluding hydrogens is 502 g/mol. The molecule has 1 fully saturated rings. The zero-order valence-corrected chi connectivity index (χ0v) is 24.3. The van der Waals surface area contributed by atoms with Crippen LogP contribution in [0.4, 0.5) is 0 Å². The highest BCUT2D eigenvalue weighted by molar-refractivity contribution is 5.91. The normalized spacial score (nSPS) is 18.7. The highest BCUT2D eigenvalue weighted by Crippen LogP contribution is 2.53. The Morgan fingerprint density at radius 1 is 1.07 bits per heavy atom. The number of hydrogen-bond acceptors (Lipinski definition) is 5. The van der Waals surface area contributed by atoms with Crippen molar-refractivity contribution in [1.82, 2.24) is 10.2 Å². The van der Waals surface area contributed by atoms with Gasteiger partial charge < -0.3 is 20.7 Å². The molecule has 1 aliphatic carbocycles. The van der Waals surface area contributed by atoms with E-state index in [-0.39, 0.29) is 23.2 Å². The molecule has 7 heteroatoms. The van der Waals surface area contributed by atoms with Crippen molar-refractivity contribution in [3.63, 3.8) is 0 Å². The van der Waals surface area contributed by atoms with Crippen molar-refractivity contribution in [3.05, 3.63) is 71.3 Å². The molecule has 4 rings (SSSR count). The minimum absolute atomic E-state index is 0.0119. The van der Waals surface area contributed by atoms with Gasteiger partial charge in [0, 0.05) is 19.5 Å². The number of nitrogens with zero attached hydrogens (tertiary/aromatic N) is 1. The van der Waals surface area contributed by atoms with Gasteiger partial charge in [-0.05, 0) is 93.7 Å². The van der Waals surface area contributed by atoms with Crippen LogP contribution in [0.2, 0.25) is 0 Å². The van der Waals surface area contributed by atoms with Gasteiger partial charge in [-0.25, -0.2) is 0 Å². The molecule has 1 heterocycles. The number of amides is 2. The Morgan fingerprint density at radius 2 is 1.75 bits per heavy atom. The molecule has 2 aliphatic rings. The van der Waals surface area contributed by atoms with Crippen LogP contribution in [0.25, 0.3) is 0 Å². The van der Waals surface area contributed by atoms with Gasteiger partial charge in [-0.2, -0.15) is 0 Å². The molecule has 2 atom stereocenters. The van der Waals surface area contributed by atoms with Crippen LogP contribution in [0, 0.1) is 0 Å². The van der Waals surface area contributed by atoms with Crippen LogP contribution in [0.1, 0.15) is 88.3 Å². The zero-order valence-electron chi connectivity index (χ0n) is 24.3. The highest BCUT2D eigenvalue weighted by Gasteiger charge is 2.46. The third-order valence-corrected chi connectivity index (χ3v) is 8.63. The molecule has 216 valence electrons. The Hall–Kier alpha value is -3.19. The van der Waals surface area contributed by atoms with E-state index in [0.29, 0.717) is 38.5 Å². The first kappa shape index (κ1) is 29.8. The van der Waals surface area contributed by atoms with E-state index in [4.69, 9.17) is 10.5 Å². The van der Waals surface area contributed by atoms with E-state index in [1.54, 1.807) is 13.8 Å². The molecular formula is C33H45N3O4. The molecule has 0 bridgehead atoms. The van der Waals surface area contributed by atoms with E-state index >= 15 is 0 Å². The Bertz CT molecular complexity index is 1170. The van der Waals surface area contributed by atoms with Gasteiger partial charge in [0.2, 0.25) is 11.8 Å². The maximum atomic E-state index is 13.8. The van der Waals surface area contributed by atoms with Crippen LogP contribution in [0.15, 0.2) is 54.6 Å². The summed E-state index contributed by atoms with van der Waals surface area (Å²) >= 11 is 0. The smallest absolute Gasteiger partial charge is 0.305 e. The number of rotatable bonds is 11. The molecule has 0 saturated carbocycles. The van der Waals surface area contributed by atoms with Gasteiger partial charge in [0.15, 0.2) is 0 Å². The summed E-state index contributed by atoms with van der Waals surface area (Å²) in [5.41, 5.74) is 8.93. The number of hydrogen-bond donors (Lipinski definition) is 2. The van der Waals surface area contributed by atoms with E-state index < -0.39 is 11.6 Å². The molecule has 3 N–H and O–H groups in total. The Morgan fingerprint density at radius 3 is 2.42 bits per heavy atom. The number of aryl methyl sites for hydroxylation is 1. The number of fused-ring (bicyclic) bond motifs is 2. The van der Waals surface area contributed by atoms with Crippen LogP contribution in [-0.2, 0) is 31.0 Å². The SMILES string of the molecule is CCOC(=O)CCC1CC2(CCN(C(=O)[C@@H](CCCc3ccccc3)NC(=O)C(C)(C)N)CC2)c2ccccc21. The fourth-order valence-corrected chi connectivity index (χ4v) is 6.42. The van der Waals surface area contributed by atoms with Crippen LogP contribution >= 0.6 is 0 Å². The monoisotopic (exact) mass is 547 g/mol. The number of nitrogens with two attached hydrogens (primary N) is 1. The first-order chi connectivity index (χ1) is 19.1. The third-order valence-electron chi connectivity index (χ3n) is 8.63. The molecule has 1 aliphatic heterocycles. The summed E-state index contributed by atoms with van der Waals surface area (Å²) in [4.78, 5) is 40.5. The average Bonchev–Trinajstić information content (AvgIpc) is 3.24. The third kappa shape index (κ3) is 7.11. The molecule has 2 amide bonds. The zero-order chi connectivity index (χ0) is 28.8. The lowest BCUT2D eigenvalue weighted by atomic mass is 9.73. The van der Waals surface area contributed by atoms with Crippen molar-refractivity contribution in [1.29, 1.82) is 0 Å². The molecule has 1 saturated heterocycles. The highest BCUT2D eigenvalue weighted by atomic mass is 16.5. The average molecular weight is 548 g/mol. The van der Waals surface area contributed by atoms with Crippen molar-refractivity contribution in [2.45, 2.75) is 95.1 Å². The molecule has 0 aromatic heterocycles. The van der Waals surface area contributed by atoms with Crippen molar-refractivity contribution < 1.29 is 19.1 Å². The van der Waals surface area contributed by atoms with Gasteiger partial charge in [0.1, 0.15) is 6.04 Å². The number of carbonyl (C=O) groups excluding carboxylic acids is 3. The van der Waals surface area contributed by atoms with Crippen LogP contribution in [0.3, 0.4) is 0 Å². The lowest BCUT2D eigenvalue weighted by Gasteiger charge is -2.41. The summed E-state index contributed by atoms with van der Waals surface area (Å²) in [6.07, 6.45) is 6.15. The molecule has 2 aromatic rings. The molecule has 1 unspecified atom stereocenters. The van der Waals surface area contributed by atoms with Crippen LogP contribution < -0.4 is 11.1 Å². The van der Waals surface area contributed by atoms with Crippen molar-refractivity contribution in [2.75, 3.05) is 19.7 Å². The summed E-state index contributed by atoms with van der Waals surface area (Å²) in [6, 6.07) is 18.2. The molecule has 0 radical (unpaired) electrons. The summed E-state index contributed by atoms with van der Waals surface area (Å²) in [7, 11) is 0. The summed E-state index contributed by atoms with van der Waals surface area (Å²) in [6.45, 7) is 6.86. The number of esters is 1. The van der Waals surface area contributed by atoms with E-state index in [0.717, 1.165) is 38.5 Å². The fourth-order valence-electron chi connectivity index (χ4n) is 6.42. The first-order valence-electron chi connectivity index (χ1n) is 14.8. The standard InChI is InChI=1S/C33H45N3O4/c1-4-40-29(37)18-17-25-23-33(27-15-9-8-14-26(25)27)19-21-36(22-20-33)30(38)28(35-31(39)32(2,3)34)16-10-13-24-11-6-5-7-12-24/h5-9,11-12,14-15,25,28H,4,10,13,16-23,34H2,1-3H3,(H,35,39)/t25?,28-/m1/s1. The molecule has 2 aromatic carbocycles. The second kappa shape index (κ2) is 13.0. The number of carbonyl (C=O) groups is 3. The number of likely N-dealkylation sites (tertiary alicyclic amines) is 1. The van der Waals surface area contributed by atoms with E-state index in [9.17, 15) is 14.4 Å². The molecule has 1 spiro atoms. The lowest BCUT2D eigenvalue weighted by Crippen LogP contribution is -2.57. The maximum Gasteiger partial charge on any atom is 0.305 e. The van der Waals surface area contributed by atoms with E-state index in [1.807, 2.05) is 30.0 Å². The second-order valence-corrected chi connectivity index (χ2v) is 12.1. The topological polar surface area (TPSA) is 102 Å². The minimum Gasteiger partial charge on any atom is -0.466 e. The van der Waals surface area contributed by atoms with Gasteiger partial charge in [-0.15, -0.1) is 0 Å². The minimum atomic E-state index is -1.06. The predicted octanol–water partition coefficient (Wildman–Crippen LogP) is 4.62. The first-order valence-corrected chi connectivity index (χ1v) is 14.8. The van der Waals surface area contributed by atoms with Gasteiger partial charge in [0.25, 0.3) is 0 Å². The Kier molecular flexibility index (Phi) is 9.67. The number of nitrogens with one attached hydrogen (secondary N) is 1. The van der Waals surface area contributed by atoms with E-state index in [2.05, 4.69) is 41.7 Å². The largest absolute Gasteiger partial charge is 0.466 e. The van der Waals surface area contributed by atoms with Crippen molar-refractivity contribution in [3.8, 4) is 0 Å². The van der Waals surface area contributed by atoms with Crippen LogP contribution in [0.5, 0.6) is 0 Å². The summed E-state index contributed by atoms with van der Waals surface area (Å²) in [5, 5.41) is 2.96. The summed E-state index contributed by atoms with van der Waals surface area (Å²) in [5.74, 6) is -0.152. The van der Waals surface area contributed by atoms with Gasteiger partial charge >= 0.3 is 5.97 Å². The Labute approximate surface area is 238 Å². The number of benzene rings is 2. The molecule has 40 heavy (non-hydrogen) atoms. The Balaban J connectivity index is 1.41. The van der Waals surface area contributed by atoms with Crippen molar-refractivity contribution >= 4 is 17.8 Å². The van der Waals surface area contributed by atoms with Gasteiger partial charge in [-0.3, -0.25) is 14.4 Å². The number of ether oxygens (including phenoxy) is 1. The quantitative estimate of drug-likeness (QED) is 0.400. The maximum absolute atomic E-state index is 13.8. The van der Waals surface area contributed by atoms with Crippen molar-refractivity contribution in [2.24, 2.45) is 5.73 Å². The fraction of sp³-hybridized carbons (Fsp3) is 0.545. The number of piperidine rings is 1. The predicted molar refractivity (Wildman–Crippen MR) is 157 cm³/mol. The molecule has 7 nitrogen and oxygen atoms in total. The van der Waals surface area contributed by atoms with Crippen LogP contribution in [-0.4, -0.2) is 54.0 Å².